The monoisotopic (exact) mass is 240 g/mol. The van der Waals surface area contributed by atoms with Gasteiger partial charge in [0, 0.05) is 18.3 Å². The van der Waals surface area contributed by atoms with Crippen LogP contribution in [0.15, 0.2) is 12.5 Å². The van der Waals surface area contributed by atoms with Crippen molar-refractivity contribution in [2.75, 3.05) is 0 Å². The van der Waals surface area contributed by atoms with Crippen LogP contribution in [0.4, 0.5) is 0 Å². The molecule has 2 atom stereocenters. The molecule has 0 unspecified atom stereocenters. The number of H-pyrrole nitrogens is 1. The molecule has 94 valence electrons. The Morgan fingerprint density at radius 3 is 2.82 bits per heavy atom. The fourth-order valence-corrected chi connectivity index (χ4v) is 1.34. The maximum Gasteiger partial charge on any atom is 0.326 e. The second-order valence-electron chi connectivity index (χ2n) is 3.70. The molecule has 0 aliphatic carbocycles. The van der Waals surface area contributed by atoms with E-state index in [4.69, 9.17) is 10.8 Å². The smallest absolute Gasteiger partial charge is 0.326 e. The van der Waals surface area contributed by atoms with E-state index in [2.05, 4.69) is 15.3 Å². The largest absolute Gasteiger partial charge is 0.480 e. The highest BCUT2D eigenvalue weighted by Crippen LogP contribution is 1.98. The van der Waals surface area contributed by atoms with Crippen molar-refractivity contribution < 1.29 is 14.7 Å². The van der Waals surface area contributed by atoms with Gasteiger partial charge in [-0.2, -0.15) is 0 Å². The molecule has 1 amide bonds. The second-order valence-corrected chi connectivity index (χ2v) is 3.70. The SMILES string of the molecule is CC[C@H](NC(=O)[C@H](N)Cc1cnc[nH]1)C(=O)O. The van der Waals surface area contributed by atoms with Crippen molar-refractivity contribution in [2.24, 2.45) is 5.73 Å². The molecule has 0 saturated carbocycles. The standard InChI is InChI=1S/C10H16N4O3/c1-2-8(10(16)17)14-9(15)7(11)3-6-4-12-5-13-6/h4-5,7-8H,2-3,11H2,1H3,(H,12,13)(H,14,15)(H,16,17)/t7-,8+/m1/s1. The summed E-state index contributed by atoms with van der Waals surface area (Å²) in [6.45, 7) is 1.68. The number of aromatic amines is 1. The minimum absolute atomic E-state index is 0.294. The van der Waals surface area contributed by atoms with Gasteiger partial charge in [-0.3, -0.25) is 4.79 Å². The summed E-state index contributed by atoms with van der Waals surface area (Å²) >= 11 is 0. The highest BCUT2D eigenvalue weighted by Gasteiger charge is 2.21. The maximum atomic E-state index is 11.6. The second kappa shape index (κ2) is 6.00. The first-order chi connectivity index (χ1) is 8.04. The van der Waals surface area contributed by atoms with Crippen LogP contribution in [0.1, 0.15) is 19.0 Å². The Balaban J connectivity index is 2.49. The fourth-order valence-electron chi connectivity index (χ4n) is 1.34. The average molecular weight is 240 g/mol. The Kier molecular flexibility index (Phi) is 4.65. The number of aromatic nitrogens is 2. The van der Waals surface area contributed by atoms with Crippen molar-refractivity contribution in [2.45, 2.75) is 31.8 Å². The molecule has 0 fully saturated rings. The number of carbonyl (C=O) groups is 2. The molecule has 7 nitrogen and oxygen atoms in total. The number of carbonyl (C=O) groups excluding carboxylic acids is 1. The number of hydrogen-bond donors (Lipinski definition) is 4. The zero-order valence-electron chi connectivity index (χ0n) is 9.51. The zero-order valence-corrected chi connectivity index (χ0v) is 9.51. The van der Waals surface area contributed by atoms with Crippen molar-refractivity contribution in [1.82, 2.24) is 15.3 Å². The van der Waals surface area contributed by atoms with Gasteiger partial charge >= 0.3 is 5.97 Å². The minimum atomic E-state index is -1.06. The normalized spacial score (nSPS) is 14.0. The molecule has 0 aliphatic heterocycles. The van der Waals surface area contributed by atoms with Crippen molar-refractivity contribution in [3.63, 3.8) is 0 Å². The summed E-state index contributed by atoms with van der Waals surface area (Å²) in [5, 5.41) is 11.2. The molecule has 0 aromatic carbocycles. The lowest BCUT2D eigenvalue weighted by Crippen LogP contribution is -2.49. The Bertz CT molecular complexity index is 377. The van der Waals surface area contributed by atoms with E-state index in [1.807, 2.05) is 0 Å². The topological polar surface area (TPSA) is 121 Å². The summed E-state index contributed by atoms with van der Waals surface area (Å²) in [7, 11) is 0. The number of carboxylic acid groups (broad SMARTS) is 1. The van der Waals surface area contributed by atoms with Crippen LogP contribution in [0, 0.1) is 0 Å². The fraction of sp³-hybridized carbons (Fsp3) is 0.500. The van der Waals surface area contributed by atoms with E-state index in [1.54, 1.807) is 13.1 Å². The molecular formula is C10H16N4O3. The number of hydrogen-bond acceptors (Lipinski definition) is 4. The lowest BCUT2D eigenvalue weighted by atomic mass is 10.1. The first-order valence-corrected chi connectivity index (χ1v) is 5.30. The van der Waals surface area contributed by atoms with Gasteiger partial charge < -0.3 is 21.1 Å². The van der Waals surface area contributed by atoms with Crippen LogP contribution in [0.5, 0.6) is 0 Å². The number of nitrogens with zero attached hydrogens (tertiary/aromatic N) is 1. The van der Waals surface area contributed by atoms with Gasteiger partial charge in [0.2, 0.25) is 5.91 Å². The van der Waals surface area contributed by atoms with Gasteiger partial charge in [0.05, 0.1) is 12.4 Å². The van der Waals surface area contributed by atoms with Crippen LogP contribution in [0.25, 0.3) is 0 Å². The molecule has 0 bridgehead atoms. The number of carboxylic acids is 1. The first-order valence-electron chi connectivity index (χ1n) is 5.30. The van der Waals surface area contributed by atoms with Crippen LogP contribution in [-0.4, -0.2) is 39.0 Å². The van der Waals surface area contributed by atoms with E-state index in [9.17, 15) is 9.59 Å². The summed E-state index contributed by atoms with van der Waals surface area (Å²) in [5.74, 6) is -1.54. The molecule has 17 heavy (non-hydrogen) atoms. The van der Waals surface area contributed by atoms with Crippen LogP contribution >= 0.6 is 0 Å². The number of rotatable bonds is 6. The Labute approximate surface area is 98.4 Å². The first kappa shape index (κ1) is 13.2. The lowest BCUT2D eigenvalue weighted by molar-refractivity contribution is -0.142. The summed E-state index contributed by atoms with van der Waals surface area (Å²) < 4.78 is 0. The van der Waals surface area contributed by atoms with Crippen LogP contribution in [-0.2, 0) is 16.0 Å². The van der Waals surface area contributed by atoms with Gasteiger partial charge in [-0.1, -0.05) is 6.92 Å². The average Bonchev–Trinajstić information content (AvgIpc) is 2.77. The van der Waals surface area contributed by atoms with Gasteiger partial charge in [0.25, 0.3) is 0 Å². The van der Waals surface area contributed by atoms with Gasteiger partial charge in [-0.25, -0.2) is 9.78 Å². The van der Waals surface area contributed by atoms with Crippen molar-refractivity contribution in [1.29, 1.82) is 0 Å². The van der Waals surface area contributed by atoms with Crippen molar-refractivity contribution >= 4 is 11.9 Å². The predicted octanol–water partition coefficient (Wildman–Crippen LogP) is -0.741. The van der Waals surface area contributed by atoms with E-state index in [0.717, 1.165) is 5.69 Å². The van der Waals surface area contributed by atoms with Gasteiger partial charge in [-0.15, -0.1) is 0 Å². The molecule has 1 rings (SSSR count). The quantitative estimate of drug-likeness (QED) is 0.521. The zero-order chi connectivity index (χ0) is 12.8. The molecule has 1 aromatic heterocycles. The number of nitrogens with two attached hydrogens (primary N) is 1. The van der Waals surface area contributed by atoms with E-state index < -0.39 is 24.0 Å². The summed E-state index contributed by atoms with van der Waals surface area (Å²) in [6.07, 6.45) is 3.67. The van der Waals surface area contributed by atoms with Crippen LogP contribution in [0.2, 0.25) is 0 Å². The maximum absolute atomic E-state index is 11.6. The third kappa shape index (κ3) is 3.87. The Morgan fingerprint density at radius 2 is 2.35 bits per heavy atom. The summed E-state index contributed by atoms with van der Waals surface area (Å²) in [5.41, 5.74) is 6.39. The van der Waals surface area contributed by atoms with Gasteiger partial charge in [-0.05, 0) is 6.42 Å². The molecule has 0 aliphatic rings. The molecular weight excluding hydrogens is 224 g/mol. The van der Waals surface area contributed by atoms with E-state index in [-0.39, 0.29) is 0 Å². The third-order valence-corrected chi connectivity index (χ3v) is 2.35. The van der Waals surface area contributed by atoms with Crippen LogP contribution < -0.4 is 11.1 Å². The number of amides is 1. The summed E-state index contributed by atoms with van der Waals surface area (Å²) in [6, 6.07) is -1.68. The van der Waals surface area contributed by atoms with Gasteiger partial charge in [0.1, 0.15) is 6.04 Å². The number of aliphatic carboxylic acids is 1. The molecule has 1 heterocycles. The van der Waals surface area contributed by atoms with Crippen LogP contribution in [0.3, 0.4) is 0 Å². The van der Waals surface area contributed by atoms with E-state index in [0.29, 0.717) is 12.8 Å². The highest BCUT2D eigenvalue weighted by atomic mass is 16.4. The van der Waals surface area contributed by atoms with Gasteiger partial charge in [0.15, 0.2) is 0 Å². The Hall–Kier alpha value is -1.89. The molecule has 0 radical (unpaired) electrons. The molecule has 1 aromatic rings. The predicted molar refractivity (Wildman–Crippen MR) is 60.1 cm³/mol. The minimum Gasteiger partial charge on any atom is -0.480 e. The van der Waals surface area contributed by atoms with Crippen molar-refractivity contribution in [3.05, 3.63) is 18.2 Å². The molecule has 5 N–H and O–H groups in total. The number of nitrogens with one attached hydrogen (secondary N) is 2. The third-order valence-electron chi connectivity index (χ3n) is 2.35. The molecule has 0 spiro atoms. The van der Waals surface area contributed by atoms with Crippen molar-refractivity contribution in [3.8, 4) is 0 Å². The lowest BCUT2D eigenvalue weighted by Gasteiger charge is -2.15. The van der Waals surface area contributed by atoms with E-state index >= 15 is 0 Å². The summed E-state index contributed by atoms with van der Waals surface area (Å²) in [4.78, 5) is 29.0. The molecule has 0 saturated heterocycles. The number of imidazole rings is 1. The molecule has 7 heteroatoms. The Morgan fingerprint density at radius 1 is 1.65 bits per heavy atom. The van der Waals surface area contributed by atoms with E-state index in [1.165, 1.54) is 6.33 Å². The highest BCUT2D eigenvalue weighted by molar-refractivity contribution is 5.86.